The van der Waals surface area contributed by atoms with Crippen molar-refractivity contribution in [3.05, 3.63) is 24.7 Å². The molecule has 0 saturated carbocycles. The smallest absolute Gasteiger partial charge is 0.224 e. The molecule has 98 valence electrons. The van der Waals surface area contributed by atoms with E-state index in [0.29, 0.717) is 11.5 Å². The van der Waals surface area contributed by atoms with Crippen molar-refractivity contribution < 1.29 is 0 Å². The van der Waals surface area contributed by atoms with Crippen molar-refractivity contribution in [2.75, 3.05) is 11.1 Å². The number of nitrogens with two attached hydrogens (primary N) is 1. The van der Waals surface area contributed by atoms with Gasteiger partial charge >= 0.3 is 0 Å². The molecule has 0 bridgehead atoms. The van der Waals surface area contributed by atoms with Crippen molar-refractivity contribution in [1.29, 1.82) is 0 Å². The van der Waals surface area contributed by atoms with E-state index in [1.807, 2.05) is 23.9 Å². The van der Waals surface area contributed by atoms with Gasteiger partial charge in [0.25, 0.3) is 0 Å². The van der Waals surface area contributed by atoms with Gasteiger partial charge in [-0.3, -0.25) is 9.78 Å². The standard InChI is InChI=1S/C11H14N8/c1-7(6-19-4-2-3-14-19)15-9-8-5-13-18-10(8)17-11(12)16-9/h2-5,7H,6H2,1H3,(H4,12,13,15,16,17,18). The molecule has 8 nitrogen and oxygen atoms in total. The van der Waals surface area contributed by atoms with Gasteiger partial charge in [0.2, 0.25) is 5.95 Å². The summed E-state index contributed by atoms with van der Waals surface area (Å²) in [7, 11) is 0. The Kier molecular flexibility index (Phi) is 2.75. The highest BCUT2D eigenvalue weighted by Gasteiger charge is 2.11. The van der Waals surface area contributed by atoms with Crippen LogP contribution >= 0.6 is 0 Å². The number of hydrogen-bond donors (Lipinski definition) is 3. The van der Waals surface area contributed by atoms with E-state index in [0.717, 1.165) is 11.9 Å². The minimum absolute atomic E-state index is 0.146. The van der Waals surface area contributed by atoms with Crippen LogP contribution in [0.4, 0.5) is 11.8 Å². The van der Waals surface area contributed by atoms with Crippen molar-refractivity contribution in [3.8, 4) is 0 Å². The van der Waals surface area contributed by atoms with Crippen molar-refractivity contribution in [1.82, 2.24) is 29.9 Å². The van der Waals surface area contributed by atoms with E-state index < -0.39 is 0 Å². The summed E-state index contributed by atoms with van der Waals surface area (Å²) in [5.41, 5.74) is 6.29. The first-order valence-corrected chi connectivity index (χ1v) is 5.93. The molecular formula is C11H14N8. The number of H-pyrrole nitrogens is 1. The molecule has 0 saturated heterocycles. The molecule has 3 rings (SSSR count). The number of anilines is 2. The molecule has 3 heterocycles. The molecule has 0 amide bonds. The van der Waals surface area contributed by atoms with Crippen LogP contribution in [0.5, 0.6) is 0 Å². The average Bonchev–Trinajstić information content (AvgIpc) is 2.99. The highest BCUT2D eigenvalue weighted by atomic mass is 15.3. The second-order valence-electron chi connectivity index (χ2n) is 4.34. The molecule has 3 aromatic rings. The number of hydrogen-bond acceptors (Lipinski definition) is 6. The van der Waals surface area contributed by atoms with E-state index >= 15 is 0 Å². The number of aromatic nitrogens is 6. The van der Waals surface area contributed by atoms with Crippen molar-refractivity contribution in [2.45, 2.75) is 19.5 Å². The third kappa shape index (κ3) is 2.32. The molecule has 0 aliphatic heterocycles. The van der Waals surface area contributed by atoms with Crippen LogP contribution in [-0.4, -0.2) is 36.0 Å². The first-order valence-electron chi connectivity index (χ1n) is 5.93. The molecule has 0 spiro atoms. The summed E-state index contributed by atoms with van der Waals surface area (Å²) in [6.07, 6.45) is 5.35. The minimum Gasteiger partial charge on any atom is -0.368 e. The molecular weight excluding hydrogens is 244 g/mol. The van der Waals surface area contributed by atoms with Crippen LogP contribution < -0.4 is 11.1 Å². The lowest BCUT2D eigenvalue weighted by atomic mass is 10.3. The first-order chi connectivity index (χ1) is 9.22. The molecule has 4 N–H and O–H groups in total. The Bertz CT molecular complexity index is 671. The van der Waals surface area contributed by atoms with Gasteiger partial charge in [0.15, 0.2) is 5.65 Å². The number of rotatable bonds is 4. The lowest BCUT2D eigenvalue weighted by molar-refractivity contribution is 0.560. The van der Waals surface area contributed by atoms with Crippen LogP contribution in [0.2, 0.25) is 0 Å². The maximum atomic E-state index is 5.67. The van der Waals surface area contributed by atoms with Gasteiger partial charge in [-0.2, -0.15) is 20.2 Å². The number of aromatic amines is 1. The normalized spacial score (nSPS) is 12.7. The van der Waals surface area contributed by atoms with E-state index in [-0.39, 0.29) is 12.0 Å². The third-order valence-corrected chi connectivity index (χ3v) is 2.73. The van der Waals surface area contributed by atoms with E-state index in [1.54, 1.807) is 12.4 Å². The Labute approximate surface area is 109 Å². The molecule has 0 aliphatic rings. The number of nitrogen functional groups attached to an aromatic ring is 1. The Balaban J connectivity index is 1.82. The van der Waals surface area contributed by atoms with E-state index in [1.165, 1.54) is 0 Å². The minimum atomic E-state index is 0.146. The molecule has 3 aromatic heterocycles. The lowest BCUT2D eigenvalue weighted by Crippen LogP contribution is -2.23. The van der Waals surface area contributed by atoms with Crippen molar-refractivity contribution in [2.24, 2.45) is 0 Å². The largest absolute Gasteiger partial charge is 0.368 e. The van der Waals surface area contributed by atoms with Crippen LogP contribution in [0.15, 0.2) is 24.7 Å². The summed E-state index contributed by atoms with van der Waals surface area (Å²) >= 11 is 0. The van der Waals surface area contributed by atoms with E-state index in [2.05, 4.69) is 30.6 Å². The number of nitrogens with zero attached hydrogens (tertiary/aromatic N) is 5. The summed E-state index contributed by atoms with van der Waals surface area (Å²) < 4.78 is 1.86. The Morgan fingerprint density at radius 3 is 3.16 bits per heavy atom. The van der Waals surface area contributed by atoms with Gasteiger partial charge in [-0.15, -0.1) is 0 Å². The first kappa shape index (κ1) is 11.5. The second kappa shape index (κ2) is 4.56. The average molecular weight is 258 g/mol. The highest BCUT2D eigenvalue weighted by Crippen LogP contribution is 2.19. The van der Waals surface area contributed by atoms with Crippen LogP contribution in [0.25, 0.3) is 11.0 Å². The molecule has 1 atom stereocenters. The van der Waals surface area contributed by atoms with Gasteiger partial charge in [0.1, 0.15) is 5.82 Å². The van der Waals surface area contributed by atoms with Crippen LogP contribution in [0.1, 0.15) is 6.92 Å². The zero-order valence-electron chi connectivity index (χ0n) is 10.4. The van der Waals surface area contributed by atoms with Gasteiger partial charge < -0.3 is 11.1 Å². The number of nitrogens with one attached hydrogen (secondary N) is 2. The van der Waals surface area contributed by atoms with E-state index in [9.17, 15) is 0 Å². The Morgan fingerprint density at radius 2 is 2.37 bits per heavy atom. The van der Waals surface area contributed by atoms with Gasteiger partial charge in [0.05, 0.1) is 18.1 Å². The molecule has 0 fully saturated rings. The van der Waals surface area contributed by atoms with Crippen LogP contribution in [-0.2, 0) is 6.54 Å². The molecule has 0 radical (unpaired) electrons. The lowest BCUT2D eigenvalue weighted by Gasteiger charge is -2.15. The summed E-state index contributed by atoms with van der Waals surface area (Å²) in [6.45, 7) is 2.78. The van der Waals surface area contributed by atoms with E-state index in [4.69, 9.17) is 5.73 Å². The Hall–Kier alpha value is -2.64. The molecule has 8 heteroatoms. The third-order valence-electron chi connectivity index (χ3n) is 2.73. The summed E-state index contributed by atoms with van der Waals surface area (Å²) in [5, 5.41) is 15.0. The SMILES string of the molecule is CC(Cn1cccn1)Nc1nc(N)nc2[nH]ncc12. The topological polar surface area (TPSA) is 110 Å². The van der Waals surface area contributed by atoms with Crippen LogP contribution in [0.3, 0.4) is 0 Å². The highest BCUT2D eigenvalue weighted by molar-refractivity contribution is 5.86. The quantitative estimate of drug-likeness (QED) is 0.633. The zero-order chi connectivity index (χ0) is 13.2. The fraction of sp³-hybridized carbons (Fsp3) is 0.273. The molecule has 0 aliphatic carbocycles. The van der Waals surface area contributed by atoms with Gasteiger partial charge in [-0.05, 0) is 13.0 Å². The van der Waals surface area contributed by atoms with Crippen molar-refractivity contribution in [3.63, 3.8) is 0 Å². The van der Waals surface area contributed by atoms with Crippen LogP contribution in [0, 0.1) is 0 Å². The number of fused-ring (bicyclic) bond motifs is 1. The maximum absolute atomic E-state index is 5.67. The fourth-order valence-electron chi connectivity index (χ4n) is 1.93. The van der Waals surface area contributed by atoms with Gasteiger partial charge in [-0.25, -0.2) is 0 Å². The summed E-state index contributed by atoms with van der Waals surface area (Å²) in [5.74, 6) is 0.890. The predicted molar refractivity (Wildman–Crippen MR) is 71.4 cm³/mol. The summed E-state index contributed by atoms with van der Waals surface area (Å²) in [6, 6.07) is 2.04. The van der Waals surface area contributed by atoms with Gasteiger partial charge in [-0.1, -0.05) is 0 Å². The molecule has 1 unspecified atom stereocenters. The maximum Gasteiger partial charge on any atom is 0.224 e. The van der Waals surface area contributed by atoms with Crippen molar-refractivity contribution >= 4 is 22.8 Å². The Morgan fingerprint density at radius 1 is 1.47 bits per heavy atom. The zero-order valence-corrected chi connectivity index (χ0v) is 10.4. The summed E-state index contributed by atoms with van der Waals surface area (Å²) in [4.78, 5) is 8.28. The molecule has 19 heavy (non-hydrogen) atoms. The second-order valence-corrected chi connectivity index (χ2v) is 4.34. The monoisotopic (exact) mass is 258 g/mol. The van der Waals surface area contributed by atoms with Gasteiger partial charge in [0, 0.05) is 18.4 Å². The predicted octanol–water partition coefficient (Wildman–Crippen LogP) is 0.632. The fourth-order valence-corrected chi connectivity index (χ4v) is 1.93. The molecule has 0 aromatic carbocycles.